The largest absolute Gasteiger partial charge is 0.485 e. The minimum absolute atomic E-state index is 0.146. The SMILES string of the molecule is O=C(NCC1=CN(c2ccc(-n3ccccc3=O)cc2OCc2ccccn2)NN1)c1ccc(Cl)s1. The molecule has 0 saturated carbocycles. The quantitative estimate of drug-likeness (QED) is 0.326. The number of halogens is 1. The van der Waals surface area contributed by atoms with Gasteiger partial charge in [0.1, 0.15) is 18.0 Å². The predicted octanol–water partition coefficient (Wildman–Crippen LogP) is 3.63. The molecule has 1 aromatic carbocycles. The lowest BCUT2D eigenvalue weighted by Crippen LogP contribution is -2.38. The fourth-order valence-electron chi connectivity index (χ4n) is 3.51. The van der Waals surface area contributed by atoms with Crippen LogP contribution in [0.1, 0.15) is 15.4 Å². The summed E-state index contributed by atoms with van der Waals surface area (Å²) in [7, 11) is 0. The van der Waals surface area contributed by atoms with Crippen LogP contribution in [-0.4, -0.2) is 22.0 Å². The summed E-state index contributed by atoms with van der Waals surface area (Å²) in [5.41, 5.74) is 8.84. The van der Waals surface area contributed by atoms with Gasteiger partial charge in [0.15, 0.2) is 0 Å². The smallest absolute Gasteiger partial charge is 0.261 e. The number of nitrogens with one attached hydrogen (secondary N) is 3. The Morgan fingerprint density at radius 1 is 1.11 bits per heavy atom. The van der Waals surface area contributed by atoms with Gasteiger partial charge >= 0.3 is 0 Å². The minimum Gasteiger partial charge on any atom is -0.485 e. The van der Waals surface area contributed by atoms with Gasteiger partial charge < -0.3 is 15.5 Å². The van der Waals surface area contributed by atoms with Gasteiger partial charge in [-0.1, -0.05) is 23.7 Å². The van der Waals surface area contributed by atoms with E-state index in [4.69, 9.17) is 16.3 Å². The number of benzene rings is 1. The molecule has 0 aliphatic carbocycles. The van der Waals surface area contributed by atoms with Crippen molar-refractivity contribution in [3.8, 4) is 11.4 Å². The first kappa shape index (κ1) is 23.6. The van der Waals surface area contributed by atoms with Crippen LogP contribution in [-0.2, 0) is 6.61 Å². The first-order chi connectivity index (χ1) is 17.6. The molecule has 3 aromatic heterocycles. The topological polar surface area (TPSA) is 101 Å². The highest BCUT2D eigenvalue weighted by atomic mass is 35.5. The Balaban J connectivity index is 1.37. The highest BCUT2D eigenvalue weighted by Gasteiger charge is 2.19. The van der Waals surface area contributed by atoms with Gasteiger partial charge in [0.2, 0.25) is 0 Å². The highest BCUT2D eigenvalue weighted by Crippen LogP contribution is 2.32. The van der Waals surface area contributed by atoms with Crippen LogP contribution >= 0.6 is 22.9 Å². The van der Waals surface area contributed by atoms with Crippen molar-refractivity contribution in [1.29, 1.82) is 0 Å². The van der Waals surface area contributed by atoms with Crippen LogP contribution in [0.15, 0.2) is 95.8 Å². The molecule has 182 valence electrons. The van der Waals surface area contributed by atoms with Gasteiger partial charge in [-0.25, -0.2) is 0 Å². The monoisotopic (exact) mass is 520 g/mol. The molecule has 1 aliphatic heterocycles. The van der Waals surface area contributed by atoms with E-state index >= 15 is 0 Å². The average Bonchev–Trinajstić information content (AvgIpc) is 3.56. The highest BCUT2D eigenvalue weighted by molar-refractivity contribution is 7.18. The van der Waals surface area contributed by atoms with Gasteiger partial charge in [0.25, 0.3) is 11.5 Å². The molecule has 0 radical (unpaired) electrons. The maximum absolute atomic E-state index is 12.4. The van der Waals surface area contributed by atoms with Crippen molar-refractivity contribution in [1.82, 2.24) is 25.8 Å². The van der Waals surface area contributed by atoms with Gasteiger partial charge in [-0.15, -0.1) is 16.9 Å². The van der Waals surface area contributed by atoms with E-state index in [2.05, 4.69) is 21.3 Å². The van der Waals surface area contributed by atoms with Crippen LogP contribution in [0.2, 0.25) is 4.34 Å². The van der Waals surface area contributed by atoms with Crippen molar-refractivity contribution < 1.29 is 9.53 Å². The number of hydrazine groups is 2. The molecule has 36 heavy (non-hydrogen) atoms. The Hall–Kier alpha value is -4.12. The van der Waals surface area contributed by atoms with E-state index in [1.165, 1.54) is 17.4 Å². The van der Waals surface area contributed by atoms with Gasteiger partial charge in [-0.3, -0.25) is 24.1 Å². The number of aromatic nitrogens is 2. The summed E-state index contributed by atoms with van der Waals surface area (Å²) in [5, 5.41) is 4.61. The third kappa shape index (κ3) is 5.41. The molecule has 5 rings (SSSR count). The fraction of sp³-hybridized carbons (Fsp3) is 0.0800. The van der Waals surface area contributed by atoms with Crippen LogP contribution in [0.25, 0.3) is 5.69 Å². The van der Waals surface area contributed by atoms with Crippen molar-refractivity contribution in [3.63, 3.8) is 0 Å². The molecule has 0 unspecified atom stereocenters. The number of thiophene rings is 1. The molecule has 0 fully saturated rings. The van der Waals surface area contributed by atoms with E-state index in [0.717, 1.165) is 11.4 Å². The Morgan fingerprint density at radius 2 is 2.00 bits per heavy atom. The maximum Gasteiger partial charge on any atom is 0.261 e. The van der Waals surface area contributed by atoms with Crippen LogP contribution < -0.4 is 31.6 Å². The summed E-state index contributed by atoms with van der Waals surface area (Å²) >= 11 is 7.14. The normalized spacial score (nSPS) is 12.7. The minimum atomic E-state index is -0.204. The Bertz CT molecular complexity index is 1470. The van der Waals surface area contributed by atoms with E-state index in [1.807, 2.05) is 36.5 Å². The van der Waals surface area contributed by atoms with Gasteiger partial charge in [-0.2, -0.15) is 0 Å². The molecular formula is C25H21ClN6O3S. The first-order valence-electron chi connectivity index (χ1n) is 11.0. The predicted molar refractivity (Wildman–Crippen MR) is 139 cm³/mol. The molecule has 3 N–H and O–H groups in total. The molecule has 0 spiro atoms. The molecule has 0 atom stereocenters. The molecule has 4 heterocycles. The van der Waals surface area contributed by atoms with Crippen molar-refractivity contribution in [3.05, 3.63) is 116 Å². The van der Waals surface area contributed by atoms with E-state index in [9.17, 15) is 9.59 Å². The summed E-state index contributed by atoms with van der Waals surface area (Å²) in [6, 6.07) is 19.5. The van der Waals surface area contributed by atoms with E-state index < -0.39 is 0 Å². The van der Waals surface area contributed by atoms with Crippen LogP contribution in [0, 0.1) is 0 Å². The Kier molecular flexibility index (Phi) is 6.99. The summed E-state index contributed by atoms with van der Waals surface area (Å²) < 4.78 is 8.24. The standard InChI is InChI=1S/C25H21ClN6O3S/c26-23-10-9-22(36-23)25(34)28-14-18-15-32(30-29-18)20-8-7-19(31-12-4-2-6-24(31)33)13-21(20)35-16-17-5-1-3-11-27-17/h1-13,15,29-30H,14,16H2,(H,28,34). The number of rotatable bonds is 8. The summed E-state index contributed by atoms with van der Waals surface area (Å²) in [6.45, 7) is 0.526. The van der Waals surface area contributed by atoms with E-state index in [1.54, 1.807) is 52.3 Å². The number of anilines is 1. The average molecular weight is 521 g/mol. The molecule has 0 bridgehead atoms. The fourth-order valence-corrected chi connectivity index (χ4v) is 4.47. The lowest BCUT2D eigenvalue weighted by Gasteiger charge is -2.20. The van der Waals surface area contributed by atoms with Gasteiger partial charge in [-0.05, 0) is 42.5 Å². The summed E-state index contributed by atoms with van der Waals surface area (Å²) in [5.74, 6) is 0.336. The molecule has 0 saturated heterocycles. The van der Waals surface area contributed by atoms with Crippen LogP contribution in [0.3, 0.4) is 0 Å². The number of carbonyl (C=O) groups is 1. The lowest BCUT2D eigenvalue weighted by molar-refractivity contribution is 0.0960. The molecule has 11 heteroatoms. The molecular weight excluding hydrogens is 500 g/mol. The van der Waals surface area contributed by atoms with Crippen molar-refractivity contribution in [2.75, 3.05) is 11.6 Å². The summed E-state index contributed by atoms with van der Waals surface area (Å²) in [4.78, 5) is 29.5. The molecule has 1 amide bonds. The van der Waals surface area contributed by atoms with E-state index in [-0.39, 0.29) is 24.6 Å². The zero-order valence-corrected chi connectivity index (χ0v) is 20.4. The Labute approximate surface area is 215 Å². The van der Waals surface area contributed by atoms with Gasteiger partial charge in [0.05, 0.1) is 32.8 Å². The van der Waals surface area contributed by atoms with E-state index in [0.29, 0.717) is 26.3 Å². The number of hydrogen-bond acceptors (Lipinski definition) is 8. The van der Waals surface area contributed by atoms with Crippen LogP contribution in [0.5, 0.6) is 5.75 Å². The number of amides is 1. The molecule has 9 nitrogen and oxygen atoms in total. The third-order valence-corrected chi connectivity index (χ3v) is 6.49. The van der Waals surface area contributed by atoms with Crippen molar-refractivity contribution in [2.45, 2.75) is 6.61 Å². The third-order valence-electron chi connectivity index (χ3n) is 5.26. The second kappa shape index (κ2) is 10.6. The number of nitrogens with zero attached hydrogens (tertiary/aromatic N) is 3. The zero-order valence-electron chi connectivity index (χ0n) is 18.8. The number of carbonyl (C=O) groups excluding carboxylic acids is 1. The number of pyridine rings is 2. The summed E-state index contributed by atoms with van der Waals surface area (Å²) in [6.07, 6.45) is 5.23. The molecule has 4 aromatic rings. The maximum atomic E-state index is 12.4. The Morgan fingerprint density at radius 3 is 2.78 bits per heavy atom. The second-order valence-electron chi connectivity index (χ2n) is 7.72. The zero-order chi connectivity index (χ0) is 24.9. The van der Waals surface area contributed by atoms with Crippen molar-refractivity contribution in [2.24, 2.45) is 0 Å². The number of hydrogen-bond donors (Lipinski definition) is 3. The first-order valence-corrected chi connectivity index (χ1v) is 12.2. The van der Waals surface area contributed by atoms with Crippen molar-refractivity contribution >= 4 is 34.5 Å². The molecule has 1 aliphatic rings. The number of ether oxygens (including phenoxy) is 1. The van der Waals surface area contributed by atoms with Gasteiger partial charge in [0, 0.05) is 30.7 Å². The van der Waals surface area contributed by atoms with Crippen LogP contribution in [0.4, 0.5) is 5.69 Å². The lowest BCUT2D eigenvalue weighted by atomic mass is 10.2. The second-order valence-corrected chi connectivity index (χ2v) is 9.43.